The molecule has 1 amide bonds. The number of carbonyl (C=O) groups is 1. The minimum atomic E-state index is 0.0480. The average molecular weight is 304 g/mol. The monoisotopic (exact) mass is 304 g/mol. The van der Waals surface area contributed by atoms with Gasteiger partial charge in [-0.15, -0.1) is 0 Å². The Morgan fingerprint density at radius 3 is 2.55 bits per heavy atom. The van der Waals surface area contributed by atoms with Crippen molar-refractivity contribution in [2.45, 2.75) is 46.6 Å². The van der Waals surface area contributed by atoms with Crippen LogP contribution in [0.2, 0.25) is 0 Å². The summed E-state index contributed by atoms with van der Waals surface area (Å²) < 4.78 is 0. The molecule has 1 aromatic rings. The number of nitrogens with one attached hydrogen (secondary N) is 2. The summed E-state index contributed by atoms with van der Waals surface area (Å²) in [6, 6.07) is 7.68. The van der Waals surface area contributed by atoms with Gasteiger partial charge in [0.2, 0.25) is 5.91 Å². The highest BCUT2D eigenvalue weighted by atomic mass is 16.1. The van der Waals surface area contributed by atoms with Crippen LogP contribution in [0.3, 0.4) is 0 Å². The largest absolute Gasteiger partial charge is 0.370 e. The summed E-state index contributed by atoms with van der Waals surface area (Å²) in [5.74, 6) is 1.17. The van der Waals surface area contributed by atoms with Crippen LogP contribution in [0.4, 0.5) is 5.69 Å². The molecular weight excluding hydrogens is 276 g/mol. The molecule has 0 bridgehead atoms. The van der Waals surface area contributed by atoms with Crippen molar-refractivity contribution in [2.24, 2.45) is 16.6 Å². The summed E-state index contributed by atoms with van der Waals surface area (Å²) in [5.41, 5.74) is 7.69. The third-order valence-electron chi connectivity index (χ3n) is 3.17. The molecule has 1 rings (SSSR count). The molecule has 0 unspecified atom stereocenters. The molecule has 0 radical (unpaired) electrons. The Hall–Kier alpha value is -2.04. The van der Waals surface area contributed by atoms with E-state index >= 15 is 0 Å². The van der Waals surface area contributed by atoms with Gasteiger partial charge >= 0.3 is 0 Å². The number of hydrogen-bond donors (Lipinski definition) is 3. The number of hydrogen-bond acceptors (Lipinski definition) is 2. The maximum absolute atomic E-state index is 11.5. The fourth-order valence-corrected chi connectivity index (χ4v) is 1.87. The minimum absolute atomic E-state index is 0.0480. The van der Waals surface area contributed by atoms with Crippen molar-refractivity contribution in [1.82, 2.24) is 5.32 Å². The molecule has 0 atom stereocenters. The molecule has 0 fully saturated rings. The van der Waals surface area contributed by atoms with Crippen molar-refractivity contribution in [1.29, 1.82) is 0 Å². The van der Waals surface area contributed by atoms with Crippen LogP contribution in [0.5, 0.6) is 0 Å². The predicted molar refractivity (Wildman–Crippen MR) is 92.8 cm³/mol. The van der Waals surface area contributed by atoms with Gasteiger partial charge in [-0.3, -0.25) is 4.79 Å². The van der Waals surface area contributed by atoms with E-state index in [1.807, 2.05) is 31.2 Å². The standard InChI is InChI=1S/C17H28N4O/c1-4-5-16(22)21-15-8-6-14(7-9-15)12-20-17(18)19-11-10-13(2)3/h6-9,13H,4-5,10-12H2,1-3H3,(H,21,22)(H3,18,19,20). The number of guanidine groups is 1. The van der Waals surface area contributed by atoms with Gasteiger partial charge in [0, 0.05) is 18.7 Å². The van der Waals surface area contributed by atoms with Gasteiger partial charge in [0.05, 0.1) is 6.54 Å². The smallest absolute Gasteiger partial charge is 0.224 e. The maximum Gasteiger partial charge on any atom is 0.224 e. The topological polar surface area (TPSA) is 79.5 Å². The minimum Gasteiger partial charge on any atom is -0.370 e. The van der Waals surface area contributed by atoms with Crippen molar-refractivity contribution in [3.05, 3.63) is 29.8 Å². The van der Waals surface area contributed by atoms with Crippen molar-refractivity contribution in [3.8, 4) is 0 Å². The van der Waals surface area contributed by atoms with Gasteiger partial charge in [-0.05, 0) is 36.5 Å². The van der Waals surface area contributed by atoms with E-state index in [1.54, 1.807) is 0 Å². The van der Waals surface area contributed by atoms with Crippen LogP contribution in [-0.2, 0) is 11.3 Å². The molecule has 0 saturated heterocycles. The Morgan fingerprint density at radius 2 is 1.95 bits per heavy atom. The van der Waals surface area contributed by atoms with E-state index in [2.05, 4.69) is 29.5 Å². The Morgan fingerprint density at radius 1 is 1.27 bits per heavy atom. The maximum atomic E-state index is 11.5. The lowest BCUT2D eigenvalue weighted by molar-refractivity contribution is -0.116. The van der Waals surface area contributed by atoms with Gasteiger partial charge < -0.3 is 16.4 Å². The second-order valence-corrected chi connectivity index (χ2v) is 5.81. The number of benzene rings is 1. The van der Waals surface area contributed by atoms with E-state index in [0.29, 0.717) is 24.8 Å². The SMILES string of the molecule is CCCC(=O)Nc1ccc(CN=C(N)NCCC(C)C)cc1. The van der Waals surface area contributed by atoms with Gasteiger partial charge in [0.25, 0.3) is 0 Å². The first-order chi connectivity index (χ1) is 10.5. The van der Waals surface area contributed by atoms with Crippen LogP contribution in [0.25, 0.3) is 0 Å². The Kier molecular flexibility index (Phi) is 8.04. The summed E-state index contributed by atoms with van der Waals surface area (Å²) in [7, 11) is 0. The molecule has 0 aliphatic rings. The summed E-state index contributed by atoms with van der Waals surface area (Å²) in [5, 5.41) is 5.97. The van der Waals surface area contributed by atoms with E-state index in [1.165, 1.54) is 0 Å². The van der Waals surface area contributed by atoms with E-state index in [0.717, 1.165) is 30.6 Å². The van der Waals surface area contributed by atoms with Crippen LogP contribution < -0.4 is 16.4 Å². The molecule has 4 N–H and O–H groups in total. The van der Waals surface area contributed by atoms with E-state index in [9.17, 15) is 4.79 Å². The number of carbonyl (C=O) groups excluding carboxylic acids is 1. The van der Waals surface area contributed by atoms with Crippen molar-refractivity contribution < 1.29 is 4.79 Å². The van der Waals surface area contributed by atoms with E-state index in [4.69, 9.17) is 5.73 Å². The summed E-state index contributed by atoms with van der Waals surface area (Å²) in [4.78, 5) is 15.8. The summed E-state index contributed by atoms with van der Waals surface area (Å²) in [6.07, 6.45) is 2.47. The molecule has 0 heterocycles. The third kappa shape index (κ3) is 7.67. The first-order valence-electron chi connectivity index (χ1n) is 7.93. The number of amides is 1. The number of nitrogens with two attached hydrogens (primary N) is 1. The number of anilines is 1. The number of rotatable bonds is 8. The molecular formula is C17H28N4O. The lowest BCUT2D eigenvalue weighted by Crippen LogP contribution is -2.32. The molecule has 0 spiro atoms. The zero-order chi connectivity index (χ0) is 16.4. The molecule has 122 valence electrons. The normalized spacial score (nSPS) is 11.5. The van der Waals surface area contributed by atoms with Crippen LogP contribution in [-0.4, -0.2) is 18.4 Å². The van der Waals surface area contributed by atoms with Crippen LogP contribution in [0, 0.1) is 5.92 Å². The van der Waals surface area contributed by atoms with Crippen LogP contribution in [0.15, 0.2) is 29.3 Å². The van der Waals surface area contributed by atoms with E-state index in [-0.39, 0.29) is 5.91 Å². The number of nitrogens with zero attached hydrogens (tertiary/aromatic N) is 1. The predicted octanol–water partition coefficient (Wildman–Crippen LogP) is 2.88. The number of aliphatic imine (C=N–C) groups is 1. The Labute approximate surface area is 133 Å². The van der Waals surface area contributed by atoms with Crippen molar-refractivity contribution in [2.75, 3.05) is 11.9 Å². The van der Waals surface area contributed by atoms with Crippen molar-refractivity contribution in [3.63, 3.8) is 0 Å². The highest BCUT2D eigenvalue weighted by Crippen LogP contribution is 2.11. The first kappa shape index (κ1) is 18.0. The van der Waals surface area contributed by atoms with Crippen LogP contribution >= 0.6 is 0 Å². The van der Waals surface area contributed by atoms with Gasteiger partial charge in [-0.1, -0.05) is 32.9 Å². The summed E-state index contributed by atoms with van der Waals surface area (Å²) >= 11 is 0. The quantitative estimate of drug-likeness (QED) is 0.510. The Balaban J connectivity index is 2.41. The second kappa shape index (κ2) is 9.82. The molecule has 0 aliphatic heterocycles. The fraction of sp³-hybridized carbons (Fsp3) is 0.529. The third-order valence-corrected chi connectivity index (χ3v) is 3.17. The first-order valence-corrected chi connectivity index (χ1v) is 7.93. The lowest BCUT2D eigenvalue weighted by Gasteiger charge is -2.08. The molecule has 5 nitrogen and oxygen atoms in total. The highest BCUT2D eigenvalue weighted by Gasteiger charge is 2.01. The zero-order valence-corrected chi connectivity index (χ0v) is 13.9. The highest BCUT2D eigenvalue weighted by molar-refractivity contribution is 5.90. The molecule has 1 aromatic carbocycles. The van der Waals surface area contributed by atoms with E-state index < -0.39 is 0 Å². The van der Waals surface area contributed by atoms with Crippen molar-refractivity contribution >= 4 is 17.6 Å². The average Bonchev–Trinajstić information content (AvgIpc) is 2.46. The molecule has 5 heteroatoms. The molecule has 0 aromatic heterocycles. The van der Waals surface area contributed by atoms with Gasteiger partial charge in [-0.25, -0.2) is 4.99 Å². The lowest BCUT2D eigenvalue weighted by atomic mass is 10.1. The van der Waals surface area contributed by atoms with Gasteiger partial charge in [-0.2, -0.15) is 0 Å². The van der Waals surface area contributed by atoms with Crippen LogP contribution in [0.1, 0.15) is 45.6 Å². The Bertz CT molecular complexity index is 480. The second-order valence-electron chi connectivity index (χ2n) is 5.81. The van der Waals surface area contributed by atoms with Gasteiger partial charge in [0.15, 0.2) is 5.96 Å². The fourth-order valence-electron chi connectivity index (χ4n) is 1.87. The molecule has 22 heavy (non-hydrogen) atoms. The molecule has 0 saturated carbocycles. The zero-order valence-electron chi connectivity index (χ0n) is 13.9. The molecule has 0 aliphatic carbocycles. The summed E-state index contributed by atoms with van der Waals surface area (Å²) in [6.45, 7) is 7.71. The van der Waals surface area contributed by atoms with Gasteiger partial charge in [0.1, 0.15) is 0 Å².